The van der Waals surface area contributed by atoms with Crippen molar-refractivity contribution in [2.24, 2.45) is 0 Å². The molecule has 0 bridgehead atoms. The molecule has 0 unspecified atom stereocenters. The average Bonchev–Trinajstić information content (AvgIpc) is 2.70. The summed E-state index contributed by atoms with van der Waals surface area (Å²) in [6.45, 7) is 7.72. The summed E-state index contributed by atoms with van der Waals surface area (Å²) in [5.41, 5.74) is 3.39. The molecule has 0 fully saturated rings. The fraction of sp³-hybridized carbons (Fsp3) is 0.600. The average molecular weight is 249 g/mol. The number of aryl methyl sites for hydroxylation is 2. The number of benzene rings is 1. The number of fused-ring (bicyclic) bond motifs is 1. The molecule has 17 heavy (non-hydrogen) atoms. The third-order valence-electron chi connectivity index (χ3n) is 3.10. The monoisotopic (exact) mass is 249 g/mol. The van der Waals surface area contributed by atoms with Gasteiger partial charge >= 0.3 is 0 Å². The van der Waals surface area contributed by atoms with Gasteiger partial charge in [-0.2, -0.15) is 0 Å². The standard InChI is InChI=1S/C15H23NS/c1-15(2,3)16-9-10-17-14-8-7-12-5-4-6-13(12)11-14/h7-8,11,16H,4-6,9-10H2,1-3H3. The van der Waals surface area contributed by atoms with Gasteiger partial charge in [-0.15, -0.1) is 11.8 Å². The highest BCUT2D eigenvalue weighted by Gasteiger charge is 2.11. The van der Waals surface area contributed by atoms with Crippen LogP contribution in [0.5, 0.6) is 0 Å². The Labute approximate surface area is 109 Å². The van der Waals surface area contributed by atoms with Crippen molar-refractivity contribution in [2.45, 2.75) is 50.5 Å². The summed E-state index contributed by atoms with van der Waals surface area (Å²) in [5, 5.41) is 3.52. The first kappa shape index (κ1) is 13.0. The second-order valence-corrected chi connectivity index (χ2v) is 6.98. The molecule has 2 heteroatoms. The highest BCUT2D eigenvalue weighted by Crippen LogP contribution is 2.27. The van der Waals surface area contributed by atoms with Crippen molar-refractivity contribution in [1.29, 1.82) is 0 Å². The normalized spacial score (nSPS) is 15.0. The Morgan fingerprint density at radius 2 is 1.94 bits per heavy atom. The van der Waals surface area contributed by atoms with Gasteiger partial charge in [-0.3, -0.25) is 0 Å². The van der Waals surface area contributed by atoms with Gasteiger partial charge in [0, 0.05) is 22.7 Å². The minimum absolute atomic E-state index is 0.235. The van der Waals surface area contributed by atoms with Crippen LogP contribution in [0, 0.1) is 0 Å². The van der Waals surface area contributed by atoms with Crippen LogP contribution in [0.4, 0.5) is 0 Å². The fourth-order valence-corrected chi connectivity index (χ4v) is 3.06. The van der Waals surface area contributed by atoms with Gasteiger partial charge in [0.25, 0.3) is 0 Å². The molecule has 0 aliphatic heterocycles. The van der Waals surface area contributed by atoms with E-state index in [1.54, 1.807) is 11.1 Å². The van der Waals surface area contributed by atoms with E-state index in [9.17, 15) is 0 Å². The number of thioether (sulfide) groups is 1. The molecule has 0 saturated heterocycles. The second-order valence-electron chi connectivity index (χ2n) is 5.81. The fourth-order valence-electron chi connectivity index (χ4n) is 2.23. The lowest BCUT2D eigenvalue weighted by Gasteiger charge is -2.20. The molecule has 94 valence electrons. The molecule has 1 aliphatic carbocycles. The van der Waals surface area contributed by atoms with Crippen molar-refractivity contribution in [2.75, 3.05) is 12.3 Å². The van der Waals surface area contributed by atoms with Crippen LogP contribution < -0.4 is 5.32 Å². The van der Waals surface area contributed by atoms with Crippen LogP contribution in [0.3, 0.4) is 0 Å². The molecule has 0 heterocycles. The van der Waals surface area contributed by atoms with Gasteiger partial charge in [0.05, 0.1) is 0 Å². The second kappa shape index (κ2) is 5.45. The first-order chi connectivity index (χ1) is 8.04. The van der Waals surface area contributed by atoms with Crippen LogP contribution in [0.2, 0.25) is 0 Å². The minimum atomic E-state index is 0.235. The van der Waals surface area contributed by atoms with E-state index in [2.05, 4.69) is 44.3 Å². The highest BCUT2D eigenvalue weighted by atomic mass is 32.2. The van der Waals surface area contributed by atoms with Crippen molar-refractivity contribution in [3.8, 4) is 0 Å². The largest absolute Gasteiger partial charge is 0.311 e. The lowest BCUT2D eigenvalue weighted by atomic mass is 10.1. The van der Waals surface area contributed by atoms with Gasteiger partial charge in [-0.1, -0.05) is 6.07 Å². The molecular formula is C15H23NS. The molecule has 0 atom stereocenters. The molecule has 0 spiro atoms. The Morgan fingerprint density at radius 1 is 1.18 bits per heavy atom. The number of hydrogen-bond acceptors (Lipinski definition) is 2. The van der Waals surface area contributed by atoms with Gasteiger partial charge in [-0.25, -0.2) is 0 Å². The van der Waals surface area contributed by atoms with E-state index in [0.717, 1.165) is 12.3 Å². The molecule has 0 amide bonds. The first-order valence-electron chi connectivity index (χ1n) is 6.54. The maximum atomic E-state index is 3.52. The topological polar surface area (TPSA) is 12.0 Å². The molecule has 1 aromatic carbocycles. The summed E-state index contributed by atoms with van der Waals surface area (Å²) in [6, 6.07) is 7.00. The predicted octanol–water partition coefficient (Wildman–Crippen LogP) is 3.66. The molecule has 1 aliphatic rings. The van der Waals surface area contributed by atoms with Crippen molar-refractivity contribution in [1.82, 2.24) is 5.32 Å². The highest BCUT2D eigenvalue weighted by molar-refractivity contribution is 7.99. The first-order valence-corrected chi connectivity index (χ1v) is 7.53. The maximum Gasteiger partial charge on any atom is 0.0106 e. The van der Waals surface area contributed by atoms with Crippen LogP contribution >= 0.6 is 11.8 Å². The third-order valence-corrected chi connectivity index (χ3v) is 4.09. The molecular weight excluding hydrogens is 226 g/mol. The van der Waals surface area contributed by atoms with E-state index >= 15 is 0 Å². The summed E-state index contributed by atoms with van der Waals surface area (Å²) in [5.74, 6) is 1.15. The molecule has 0 radical (unpaired) electrons. The molecule has 1 N–H and O–H groups in total. The lowest BCUT2D eigenvalue weighted by Crippen LogP contribution is -2.37. The zero-order valence-corrected chi connectivity index (χ0v) is 12.0. The van der Waals surface area contributed by atoms with Gasteiger partial charge in [-0.05, 0) is 63.3 Å². The van der Waals surface area contributed by atoms with Crippen molar-refractivity contribution >= 4 is 11.8 Å². The van der Waals surface area contributed by atoms with Crippen LogP contribution in [-0.4, -0.2) is 17.8 Å². The van der Waals surface area contributed by atoms with Gasteiger partial charge in [0.15, 0.2) is 0 Å². The van der Waals surface area contributed by atoms with Crippen molar-refractivity contribution < 1.29 is 0 Å². The van der Waals surface area contributed by atoms with Gasteiger partial charge < -0.3 is 5.32 Å². The molecule has 0 aromatic heterocycles. The maximum absolute atomic E-state index is 3.52. The Kier molecular flexibility index (Phi) is 4.16. The number of rotatable bonds is 4. The smallest absolute Gasteiger partial charge is 0.0106 e. The van der Waals surface area contributed by atoms with E-state index < -0.39 is 0 Å². The molecule has 1 aromatic rings. The van der Waals surface area contributed by atoms with E-state index in [1.165, 1.54) is 24.2 Å². The van der Waals surface area contributed by atoms with Crippen LogP contribution in [0.1, 0.15) is 38.3 Å². The quantitative estimate of drug-likeness (QED) is 0.645. The van der Waals surface area contributed by atoms with E-state index in [0.29, 0.717) is 0 Å². The van der Waals surface area contributed by atoms with Crippen LogP contribution in [-0.2, 0) is 12.8 Å². The van der Waals surface area contributed by atoms with Crippen LogP contribution in [0.15, 0.2) is 23.1 Å². The Hall–Kier alpha value is -0.470. The van der Waals surface area contributed by atoms with E-state index in [1.807, 2.05) is 11.8 Å². The van der Waals surface area contributed by atoms with E-state index in [4.69, 9.17) is 0 Å². The zero-order valence-electron chi connectivity index (χ0n) is 11.2. The lowest BCUT2D eigenvalue weighted by molar-refractivity contribution is 0.441. The summed E-state index contributed by atoms with van der Waals surface area (Å²) in [6.07, 6.45) is 3.91. The third kappa shape index (κ3) is 4.04. The van der Waals surface area contributed by atoms with Crippen LogP contribution in [0.25, 0.3) is 0 Å². The van der Waals surface area contributed by atoms with Gasteiger partial charge in [0.2, 0.25) is 0 Å². The summed E-state index contributed by atoms with van der Waals surface area (Å²) in [4.78, 5) is 1.43. The summed E-state index contributed by atoms with van der Waals surface area (Å²) >= 11 is 1.96. The Bertz CT molecular complexity index is 379. The molecule has 1 nitrogen and oxygen atoms in total. The SMILES string of the molecule is CC(C)(C)NCCSc1ccc2c(c1)CCC2. The predicted molar refractivity (Wildman–Crippen MR) is 76.9 cm³/mol. The Morgan fingerprint density at radius 3 is 2.71 bits per heavy atom. The molecule has 0 saturated carbocycles. The number of nitrogens with one attached hydrogen (secondary N) is 1. The number of hydrogen-bond donors (Lipinski definition) is 1. The molecule has 2 rings (SSSR count). The van der Waals surface area contributed by atoms with Gasteiger partial charge in [0.1, 0.15) is 0 Å². The summed E-state index contributed by atoms with van der Waals surface area (Å²) in [7, 11) is 0. The van der Waals surface area contributed by atoms with Crippen molar-refractivity contribution in [3.63, 3.8) is 0 Å². The van der Waals surface area contributed by atoms with Crippen molar-refractivity contribution in [3.05, 3.63) is 29.3 Å². The van der Waals surface area contributed by atoms with E-state index in [-0.39, 0.29) is 5.54 Å². The summed E-state index contributed by atoms with van der Waals surface area (Å²) < 4.78 is 0. The zero-order chi connectivity index (χ0) is 12.3. The minimum Gasteiger partial charge on any atom is -0.311 e. The Balaban J connectivity index is 1.80.